The van der Waals surface area contributed by atoms with Gasteiger partial charge in [0.05, 0.1) is 27.0 Å². The Labute approximate surface area is 116 Å². The standard InChI is InChI=1S/C14H10F2O3S/c15-11-4-1-9(2-5-11)8-20(19)13-7-10(14(17)18)3-6-12(13)16/h1-7H,8H2,(H,17,18). The second-order valence-electron chi connectivity index (χ2n) is 4.07. The van der Waals surface area contributed by atoms with E-state index in [1.54, 1.807) is 0 Å². The second kappa shape index (κ2) is 5.92. The molecule has 1 N–H and O–H groups in total. The van der Waals surface area contributed by atoms with Gasteiger partial charge in [0, 0.05) is 0 Å². The van der Waals surface area contributed by atoms with Gasteiger partial charge in [-0.1, -0.05) is 12.1 Å². The lowest BCUT2D eigenvalue weighted by atomic mass is 10.2. The monoisotopic (exact) mass is 296 g/mol. The SMILES string of the molecule is O=C(O)c1ccc(F)c(S(=O)Cc2ccc(F)cc2)c1. The molecular formula is C14H10F2O3S. The number of rotatable bonds is 4. The van der Waals surface area contributed by atoms with Gasteiger partial charge in [-0.2, -0.15) is 0 Å². The Hall–Kier alpha value is -2.08. The zero-order chi connectivity index (χ0) is 14.7. The van der Waals surface area contributed by atoms with E-state index in [-0.39, 0.29) is 16.2 Å². The van der Waals surface area contributed by atoms with Crippen molar-refractivity contribution in [1.29, 1.82) is 0 Å². The first-order valence-corrected chi connectivity index (χ1v) is 6.95. The van der Waals surface area contributed by atoms with Crippen LogP contribution in [-0.4, -0.2) is 15.3 Å². The Balaban J connectivity index is 2.26. The van der Waals surface area contributed by atoms with Gasteiger partial charge in [0.1, 0.15) is 11.6 Å². The number of aromatic carboxylic acids is 1. The van der Waals surface area contributed by atoms with Crippen molar-refractivity contribution < 1.29 is 22.9 Å². The normalized spacial score (nSPS) is 12.1. The molecule has 0 aromatic heterocycles. The van der Waals surface area contributed by atoms with Crippen LogP contribution in [0.25, 0.3) is 0 Å². The first-order valence-electron chi connectivity index (χ1n) is 5.63. The molecule has 0 aliphatic carbocycles. The fourth-order valence-electron chi connectivity index (χ4n) is 1.62. The lowest BCUT2D eigenvalue weighted by molar-refractivity contribution is 0.0696. The molecule has 0 saturated carbocycles. The van der Waals surface area contributed by atoms with Crippen molar-refractivity contribution in [2.45, 2.75) is 10.6 Å². The van der Waals surface area contributed by atoms with Gasteiger partial charge in [-0.15, -0.1) is 0 Å². The number of hydrogen-bond acceptors (Lipinski definition) is 2. The molecule has 2 aromatic rings. The summed E-state index contributed by atoms with van der Waals surface area (Å²) in [5.41, 5.74) is 0.443. The van der Waals surface area contributed by atoms with Crippen LogP contribution in [0.1, 0.15) is 15.9 Å². The van der Waals surface area contributed by atoms with Crippen LogP contribution in [0.2, 0.25) is 0 Å². The van der Waals surface area contributed by atoms with E-state index in [0.29, 0.717) is 5.56 Å². The van der Waals surface area contributed by atoms with Crippen molar-refractivity contribution in [3.8, 4) is 0 Å². The fourth-order valence-corrected chi connectivity index (χ4v) is 2.82. The zero-order valence-corrected chi connectivity index (χ0v) is 11.0. The molecule has 0 fully saturated rings. The Kier molecular flexibility index (Phi) is 4.24. The van der Waals surface area contributed by atoms with Crippen LogP contribution in [0.4, 0.5) is 8.78 Å². The molecule has 6 heteroatoms. The van der Waals surface area contributed by atoms with Gasteiger partial charge in [0.25, 0.3) is 0 Å². The third kappa shape index (κ3) is 3.27. The summed E-state index contributed by atoms with van der Waals surface area (Å²) < 4.78 is 38.4. The van der Waals surface area contributed by atoms with Gasteiger partial charge in [-0.05, 0) is 35.9 Å². The van der Waals surface area contributed by atoms with Gasteiger partial charge in [-0.25, -0.2) is 13.6 Å². The van der Waals surface area contributed by atoms with Crippen LogP contribution in [0.5, 0.6) is 0 Å². The van der Waals surface area contributed by atoms with Crippen LogP contribution in [0.15, 0.2) is 47.4 Å². The van der Waals surface area contributed by atoms with Gasteiger partial charge in [0.2, 0.25) is 0 Å². The third-order valence-electron chi connectivity index (χ3n) is 2.63. The maximum absolute atomic E-state index is 13.6. The number of benzene rings is 2. The second-order valence-corrected chi connectivity index (χ2v) is 5.49. The minimum absolute atomic E-state index is 0.0136. The van der Waals surface area contributed by atoms with Crippen LogP contribution in [0.3, 0.4) is 0 Å². The minimum atomic E-state index is -1.74. The van der Waals surface area contributed by atoms with Gasteiger partial charge >= 0.3 is 5.97 Å². The smallest absolute Gasteiger partial charge is 0.335 e. The van der Waals surface area contributed by atoms with Crippen LogP contribution in [0, 0.1) is 11.6 Å². The van der Waals surface area contributed by atoms with E-state index in [9.17, 15) is 17.8 Å². The molecule has 1 atom stereocenters. The summed E-state index contributed by atoms with van der Waals surface area (Å²) in [5, 5.41) is 8.84. The largest absolute Gasteiger partial charge is 0.478 e. The van der Waals surface area contributed by atoms with E-state index in [1.807, 2.05) is 0 Å². The number of hydrogen-bond donors (Lipinski definition) is 1. The quantitative estimate of drug-likeness (QED) is 0.943. The average Bonchev–Trinajstić information content (AvgIpc) is 2.41. The minimum Gasteiger partial charge on any atom is -0.478 e. The van der Waals surface area contributed by atoms with Crippen molar-refractivity contribution >= 4 is 16.8 Å². The predicted octanol–water partition coefficient (Wildman–Crippen LogP) is 2.97. The molecule has 2 rings (SSSR count). The first kappa shape index (κ1) is 14.3. The van der Waals surface area contributed by atoms with Crippen molar-refractivity contribution in [3.05, 3.63) is 65.2 Å². The number of carbonyl (C=O) groups is 1. The summed E-state index contributed by atoms with van der Waals surface area (Å²) in [6.45, 7) is 0. The highest BCUT2D eigenvalue weighted by Crippen LogP contribution is 2.18. The third-order valence-corrected chi connectivity index (χ3v) is 4.03. The fraction of sp³-hybridized carbons (Fsp3) is 0.0714. The Bertz CT molecular complexity index is 669. The Morgan fingerprint density at radius 1 is 1.10 bits per heavy atom. The Morgan fingerprint density at radius 3 is 2.35 bits per heavy atom. The molecule has 0 saturated heterocycles. The van der Waals surface area contributed by atoms with E-state index in [1.165, 1.54) is 24.3 Å². The summed E-state index contributed by atoms with van der Waals surface area (Å²) in [6, 6.07) is 8.47. The summed E-state index contributed by atoms with van der Waals surface area (Å²) in [6.07, 6.45) is 0. The maximum Gasteiger partial charge on any atom is 0.335 e. The predicted molar refractivity (Wildman–Crippen MR) is 69.9 cm³/mol. The molecule has 0 radical (unpaired) electrons. The molecule has 0 aliphatic rings. The van der Waals surface area contributed by atoms with Crippen molar-refractivity contribution in [2.24, 2.45) is 0 Å². The van der Waals surface area contributed by atoms with E-state index in [4.69, 9.17) is 5.11 Å². The highest BCUT2D eigenvalue weighted by Gasteiger charge is 2.14. The van der Waals surface area contributed by atoms with Crippen LogP contribution < -0.4 is 0 Å². The molecule has 104 valence electrons. The summed E-state index contributed by atoms with van der Waals surface area (Å²) in [5.74, 6) is -2.38. The number of carboxylic acid groups (broad SMARTS) is 1. The maximum atomic E-state index is 13.6. The van der Waals surface area contributed by atoms with Crippen LogP contribution in [-0.2, 0) is 16.6 Å². The Morgan fingerprint density at radius 2 is 1.75 bits per heavy atom. The summed E-state index contributed by atoms with van der Waals surface area (Å²) in [7, 11) is -1.74. The van der Waals surface area contributed by atoms with Gasteiger partial charge in [0.15, 0.2) is 0 Å². The van der Waals surface area contributed by atoms with E-state index in [2.05, 4.69) is 0 Å². The van der Waals surface area contributed by atoms with Gasteiger partial charge < -0.3 is 5.11 Å². The molecule has 3 nitrogen and oxygen atoms in total. The van der Waals surface area contributed by atoms with Crippen molar-refractivity contribution in [2.75, 3.05) is 0 Å². The molecule has 0 bridgehead atoms. The lowest BCUT2D eigenvalue weighted by Gasteiger charge is -2.05. The van der Waals surface area contributed by atoms with E-state index >= 15 is 0 Å². The highest BCUT2D eigenvalue weighted by atomic mass is 32.2. The number of halogens is 2. The molecule has 0 spiro atoms. The summed E-state index contributed by atoms with van der Waals surface area (Å²) >= 11 is 0. The van der Waals surface area contributed by atoms with Crippen molar-refractivity contribution in [1.82, 2.24) is 0 Å². The van der Waals surface area contributed by atoms with Crippen molar-refractivity contribution in [3.63, 3.8) is 0 Å². The molecule has 1 unspecified atom stereocenters. The zero-order valence-electron chi connectivity index (χ0n) is 10.2. The molecule has 0 heterocycles. The van der Waals surface area contributed by atoms with E-state index in [0.717, 1.165) is 18.2 Å². The van der Waals surface area contributed by atoms with Crippen LogP contribution >= 0.6 is 0 Å². The first-order chi connectivity index (χ1) is 9.47. The van der Waals surface area contributed by atoms with E-state index < -0.39 is 28.4 Å². The topological polar surface area (TPSA) is 54.4 Å². The summed E-state index contributed by atoms with van der Waals surface area (Å²) in [4.78, 5) is 10.6. The molecule has 2 aromatic carbocycles. The van der Waals surface area contributed by atoms with Gasteiger partial charge in [-0.3, -0.25) is 4.21 Å². The molecule has 20 heavy (non-hydrogen) atoms. The molecule has 0 amide bonds. The molecular weight excluding hydrogens is 286 g/mol. The molecule has 0 aliphatic heterocycles. The average molecular weight is 296 g/mol. The number of carboxylic acids is 1. The lowest BCUT2D eigenvalue weighted by Crippen LogP contribution is -2.03. The highest BCUT2D eigenvalue weighted by molar-refractivity contribution is 7.84.